The van der Waals surface area contributed by atoms with Crippen molar-refractivity contribution in [1.29, 1.82) is 0 Å². The van der Waals surface area contributed by atoms with E-state index < -0.39 is 11.4 Å². The third-order valence-corrected chi connectivity index (χ3v) is 8.47. The molecule has 6 nitrogen and oxygen atoms in total. The van der Waals surface area contributed by atoms with Gasteiger partial charge in [-0.25, -0.2) is 0 Å². The summed E-state index contributed by atoms with van der Waals surface area (Å²) in [6.45, 7) is 4.17. The van der Waals surface area contributed by atoms with E-state index >= 15 is 0 Å². The molecule has 7 rings (SSSR count). The Morgan fingerprint density at radius 2 is 1.56 bits per heavy atom. The Labute approximate surface area is 241 Å². The van der Waals surface area contributed by atoms with Crippen molar-refractivity contribution in [3.05, 3.63) is 145 Å². The number of anilines is 1. The van der Waals surface area contributed by atoms with Crippen molar-refractivity contribution in [1.82, 2.24) is 4.90 Å². The molecule has 1 spiro atoms. The van der Waals surface area contributed by atoms with Crippen molar-refractivity contribution in [2.45, 2.75) is 32.5 Å². The predicted octanol–water partition coefficient (Wildman–Crippen LogP) is 6.51. The van der Waals surface area contributed by atoms with Crippen LogP contribution in [0.4, 0.5) is 5.69 Å². The van der Waals surface area contributed by atoms with Crippen molar-refractivity contribution in [2.75, 3.05) is 4.90 Å². The van der Waals surface area contributed by atoms with Crippen LogP contribution in [0.2, 0.25) is 5.02 Å². The Kier molecular flexibility index (Phi) is 5.66. The molecule has 2 aliphatic rings. The summed E-state index contributed by atoms with van der Waals surface area (Å²) in [4.78, 5) is 46.7. The minimum atomic E-state index is -1.72. The summed E-state index contributed by atoms with van der Waals surface area (Å²) in [5, 5.41) is 0.791. The van der Waals surface area contributed by atoms with Crippen molar-refractivity contribution in [2.24, 2.45) is 0 Å². The second-order valence-corrected chi connectivity index (χ2v) is 11.1. The second kappa shape index (κ2) is 9.18. The van der Waals surface area contributed by atoms with Gasteiger partial charge in [0.15, 0.2) is 11.0 Å². The largest absolute Gasteiger partial charge is 0.450 e. The Hall–Kier alpha value is -4.68. The Morgan fingerprint density at radius 3 is 2.37 bits per heavy atom. The number of amides is 2. The molecule has 5 aromatic rings. The van der Waals surface area contributed by atoms with Gasteiger partial charge < -0.3 is 14.2 Å². The fourth-order valence-corrected chi connectivity index (χ4v) is 6.47. The van der Waals surface area contributed by atoms with Crippen molar-refractivity contribution >= 4 is 40.1 Å². The third kappa shape index (κ3) is 3.60. The molecule has 0 bridgehead atoms. The second-order valence-electron chi connectivity index (χ2n) is 10.7. The number of halogens is 1. The van der Waals surface area contributed by atoms with Crippen LogP contribution in [0.1, 0.15) is 43.9 Å². The number of hydrogen-bond donors (Lipinski definition) is 0. The monoisotopic (exact) mass is 560 g/mol. The minimum absolute atomic E-state index is 0.00980. The minimum Gasteiger partial charge on any atom is -0.450 e. The summed E-state index contributed by atoms with van der Waals surface area (Å²) in [6.07, 6.45) is 0. The molecule has 41 heavy (non-hydrogen) atoms. The average molecular weight is 561 g/mol. The van der Waals surface area contributed by atoms with Gasteiger partial charge in [0, 0.05) is 17.1 Å². The van der Waals surface area contributed by atoms with Crippen molar-refractivity contribution in [3.8, 4) is 0 Å². The molecule has 202 valence electrons. The van der Waals surface area contributed by atoms with Crippen LogP contribution in [-0.4, -0.2) is 16.7 Å². The summed E-state index contributed by atoms with van der Waals surface area (Å²) in [5.74, 6) is -1.02. The zero-order valence-corrected chi connectivity index (χ0v) is 23.2. The Bertz CT molecular complexity index is 1980. The molecule has 1 unspecified atom stereocenters. The molecule has 2 amide bonds. The average Bonchev–Trinajstić information content (AvgIpc) is 3.35. The summed E-state index contributed by atoms with van der Waals surface area (Å²) < 4.78 is 6.17. The number of hydrogen-bond acceptors (Lipinski definition) is 4. The van der Waals surface area contributed by atoms with E-state index in [2.05, 4.69) is 0 Å². The molecule has 1 atom stereocenters. The number of carbonyl (C=O) groups excluding carboxylic acids is 2. The van der Waals surface area contributed by atoms with Gasteiger partial charge in [-0.05, 0) is 49.2 Å². The lowest BCUT2D eigenvalue weighted by Gasteiger charge is -2.34. The maximum atomic E-state index is 14.9. The van der Waals surface area contributed by atoms with Crippen molar-refractivity contribution in [3.63, 3.8) is 0 Å². The first kappa shape index (κ1) is 25.3. The van der Waals surface area contributed by atoms with Gasteiger partial charge in [-0.3, -0.25) is 14.4 Å². The smallest absolute Gasteiger partial charge is 0.291 e. The highest BCUT2D eigenvalue weighted by atomic mass is 35.5. The SMILES string of the molecule is Cc1cccc(CN2C(=O)C3(c4ccccc42)c2c(oc4ccc(C)cc4c2=O)C(=O)N3Cc2ccccc2Cl)c1. The van der Waals surface area contributed by atoms with Crippen molar-refractivity contribution < 1.29 is 14.0 Å². The van der Waals surface area contributed by atoms with E-state index in [1.54, 1.807) is 23.1 Å². The number of benzene rings is 4. The quantitative estimate of drug-likeness (QED) is 0.251. The molecular weight excluding hydrogens is 536 g/mol. The highest BCUT2D eigenvalue weighted by molar-refractivity contribution is 6.31. The maximum Gasteiger partial charge on any atom is 0.291 e. The lowest BCUT2D eigenvalue weighted by atomic mass is 9.83. The molecule has 3 heterocycles. The van der Waals surface area contributed by atoms with Gasteiger partial charge in [0.1, 0.15) is 5.58 Å². The third-order valence-electron chi connectivity index (χ3n) is 8.10. The topological polar surface area (TPSA) is 70.8 Å². The van der Waals surface area contributed by atoms with E-state index in [1.807, 2.05) is 86.6 Å². The highest BCUT2D eigenvalue weighted by Crippen LogP contribution is 2.53. The van der Waals surface area contributed by atoms with Crippen LogP contribution in [0, 0.1) is 13.8 Å². The van der Waals surface area contributed by atoms with Gasteiger partial charge >= 0.3 is 0 Å². The first-order chi connectivity index (χ1) is 19.8. The van der Waals surface area contributed by atoms with E-state index in [9.17, 15) is 14.4 Å². The highest BCUT2D eigenvalue weighted by Gasteiger charge is 2.65. The predicted molar refractivity (Wildman–Crippen MR) is 158 cm³/mol. The number of para-hydroxylation sites is 1. The molecule has 0 radical (unpaired) electrons. The number of rotatable bonds is 4. The number of fused-ring (bicyclic) bond motifs is 5. The van der Waals surface area contributed by atoms with E-state index in [0.717, 1.165) is 16.7 Å². The van der Waals surface area contributed by atoms with E-state index in [-0.39, 0.29) is 35.7 Å². The standard InChI is InChI=1S/C34H25ClN2O4/c1-20-8-7-9-22(16-20)18-36-27-13-6-4-11-25(27)34(33(36)40)29-30(38)24-17-21(2)14-15-28(24)41-31(29)32(39)37(34)19-23-10-3-5-12-26(23)35/h3-17H,18-19H2,1-2H3. The van der Waals surface area contributed by atoms with Gasteiger partial charge in [-0.2, -0.15) is 0 Å². The summed E-state index contributed by atoms with van der Waals surface area (Å²) >= 11 is 6.56. The van der Waals surface area contributed by atoms with Gasteiger partial charge in [-0.1, -0.05) is 89.5 Å². The molecule has 2 aliphatic heterocycles. The van der Waals surface area contributed by atoms with Crippen LogP contribution in [0.25, 0.3) is 11.0 Å². The first-order valence-electron chi connectivity index (χ1n) is 13.4. The van der Waals surface area contributed by atoms with Gasteiger partial charge in [0.05, 0.1) is 23.2 Å². The summed E-state index contributed by atoms with van der Waals surface area (Å²) in [6, 6.07) is 27.8. The van der Waals surface area contributed by atoms with E-state index in [0.29, 0.717) is 32.8 Å². The van der Waals surface area contributed by atoms with Crippen LogP contribution in [0.5, 0.6) is 0 Å². The molecular formula is C34H25ClN2O4. The van der Waals surface area contributed by atoms with Crippen LogP contribution >= 0.6 is 11.6 Å². The van der Waals surface area contributed by atoms with E-state index in [1.165, 1.54) is 4.90 Å². The zero-order chi connectivity index (χ0) is 28.5. The molecule has 4 aromatic carbocycles. The molecule has 0 saturated heterocycles. The molecule has 0 aliphatic carbocycles. The summed E-state index contributed by atoms with van der Waals surface area (Å²) in [5.41, 5.74) is 3.00. The Balaban J connectivity index is 1.53. The molecule has 7 heteroatoms. The fourth-order valence-electron chi connectivity index (χ4n) is 6.27. The van der Waals surface area contributed by atoms with Gasteiger partial charge in [-0.15, -0.1) is 0 Å². The molecule has 0 N–H and O–H groups in total. The first-order valence-corrected chi connectivity index (χ1v) is 13.8. The number of aryl methyl sites for hydroxylation is 2. The number of nitrogens with zero attached hydrogens (tertiary/aromatic N) is 2. The van der Waals surface area contributed by atoms with Gasteiger partial charge in [0.25, 0.3) is 11.8 Å². The molecule has 1 aromatic heterocycles. The fraction of sp³-hybridized carbons (Fsp3) is 0.147. The van der Waals surface area contributed by atoms with E-state index in [4.69, 9.17) is 16.0 Å². The van der Waals surface area contributed by atoms with Crippen LogP contribution in [0.15, 0.2) is 100 Å². The van der Waals surface area contributed by atoms with Crippen LogP contribution in [-0.2, 0) is 23.4 Å². The lowest BCUT2D eigenvalue weighted by Crippen LogP contribution is -2.53. The van der Waals surface area contributed by atoms with Crippen LogP contribution in [0.3, 0.4) is 0 Å². The molecule has 0 saturated carbocycles. The molecule has 0 fully saturated rings. The summed E-state index contributed by atoms with van der Waals surface area (Å²) in [7, 11) is 0. The zero-order valence-electron chi connectivity index (χ0n) is 22.5. The lowest BCUT2D eigenvalue weighted by molar-refractivity contribution is -0.126. The maximum absolute atomic E-state index is 14.9. The van der Waals surface area contributed by atoms with Crippen LogP contribution < -0.4 is 10.3 Å². The number of carbonyl (C=O) groups is 2. The Morgan fingerprint density at radius 1 is 0.805 bits per heavy atom. The van der Waals surface area contributed by atoms with Gasteiger partial charge in [0.2, 0.25) is 5.76 Å². The normalized spacial score (nSPS) is 17.5.